The minimum absolute atomic E-state index is 0.533. The second-order valence-electron chi connectivity index (χ2n) is 3.96. The van der Waals surface area contributed by atoms with Crippen molar-refractivity contribution in [3.05, 3.63) is 0 Å². The van der Waals surface area contributed by atoms with Gasteiger partial charge in [0, 0.05) is 32.3 Å². The molecule has 1 aliphatic heterocycles. The molecule has 0 spiro atoms. The van der Waals surface area contributed by atoms with Crippen molar-refractivity contribution in [3.63, 3.8) is 0 Å². The fraction of sp³-hybridized carbons (Fsp3) is 1.00. The smallest absolute Gasteiger partial charge is 0.0601 e. The highest BCUT2D eigenvalue weighted by Gasteiger charge is 2.36. The van der Waals surface area contributed by atoms with Gasteiger partial charge in [-0.25, -0.2) is 0 Å². The van der Waals surface area contributed by atoms with Crippen molar-refractivity contribution < 1.29 is 4.74 Å². The van der Waals surface area contributed by atoms with E-state index in [-0.39, 0.29) is 0 Å². The van der Waals surface area contributed by atoms with Crippen LogP contribution in [0.1, 0.15) is 12.8 Å². The zero-order valence-electron chi connectivity index (χ0n) is 7.92. The lowest BCUT2D eigenvalue weighted by molar-refractivity contribution is -0.0377. The van der Waals surface area contributed by atoms with E-state index in [0.29, 0.717) is 6.10 Å². The van der Waals surface area contributed by atoms with Gasteiger partial charge >= 0.3 is 0 Å². The molecular weight excluding hydrogens is 152 g/mol. The highest BCUT2D eigenvalue weighted by molar-refractivity contribution is 4.93. The largest absolute Gasteiger partial charge is 0.381 e. The van der Waals surface area contributed by atoms with E-state index in [0.717, 1.165) is 12.1 Å². The molecule has 70 valence electrons. The first kappa shape index (κ1) is 8.48. The number of nitrogens with one attached hydrogen (secondary N) is 1. The Kier molecular flexibility index (Phi) is 2.35. The van der Waals surface area contributed by atoms with Crippen LogP contribution in [0.5, 0.6) is 0 Å². The predicted octanol–water partition coefficient (Wildman–Crippen LogP) is 0.0674. The summed E-state index contributed by atoms with van der Waals surface area (Å²) in [6.45, 7) is 2.34. The molecule has 2 rings (SSSR count). The summed E-state index contributed by atoms with van der Waals surface area (Å²) >= 11 is 0. The fourth-order valence-corrected chi connectivity index (χ4v) is 1.92. The third-order valence-corrected chi connectivity index (χ3v) is 3.32. The predicted molar refractivity (Wildman–Crippen MR) is 48.2 cm³/mol. The molecule has 0 aromatic rings. The Labute approximate surface area is 74.1 Å². The van der Waals surface area contributed by atoms with E-state index in [1.54, 1.807) is 0 Å². The summed E-state index contributed by atoms with van der Waals surface area (Å²) in [5.74, 6) is 0. The third kappa shape index (κ3) is 1.37. The molecule has 3 heteroatoms. The van der Waals surface area contributed by atoms with Crippen LogP contribution in [0.4, 0.5) is 0 Å². The number of ether oxygens (including phenoxy) is 1. The van der Waals surface area contributed by atoms with Gasteiger partial charge in [0.2, 0.25) is 0 Å². The lowest BCUT2D eigenvalue weighted by atomic mass is 9.86. The normalized spacial score (nSPS) is 36.2. The number of rotatable bonds is 3. The van der Waals surface area contributed by atoms with E-state index in [2.05, 4.69) is 17.3 Å². The van der Waals surface area contributed by atoms with Gasteiger partial charge < -0.3 is 10.1 Å². The van der Waals surface area contributed by atoms with Crippen LogP contribution in [-0.2, 0) is 4.74 Å². The van der Waals surface area contributed by atoms with Crippen LogP contribution in [0.3, 0.4) is 0 Å². The first-order valence-corrected chi connectivity index (χ1v) is 4.76. The van der Waals surface area contributed by atoms with Crippen molar-refractivity contribution in [2.75, 3.05) is 27.2 Å². The molecule has 0 aromatic heterocycles. The van der Waals surface area contributed by atoms with Gasteiger partial charge in [0.25, 0.3) is 0 Å². The molecule has 0 bridgehead atoms. The van der Waals surface area contributed by atoms with Gasteiger partial charge in [-0.05, 0) is 19.9 Å². The van der Waals surface area contributed by atoms with Crippen LogP contribution in [0.15, 0.2) is 0 Å². The van der Waals surface area contributed by atoms with Crippen molar-refractivity contribution >= 4 is 0 Å². The zero-order valence-corrected chi connectivity index (χ0v) is 7.92. The van der Waals surface area contributed by atoms with Crippen LogP contribution in [0.2, 0.25) is 0 Å². The maximum absolute atomic E-state index is 5.26. The number of methoxy groups -OCH3 is 1. The maximum atomic E-state index is 5.26. The highest BCUT2D eigenvalue weighted by Crippen LogP contribution is 2.28. The van der Waals surface area contributed by atoms with Gasteiger partial charge in [-0.3, -0.25) is 4.90 Å². The monoisotopic (exact) mass is 170 g/mol. The van der Waals surface area contributed by atoms with E-state index >= 15 is 0 Å². The first-order chi connectivity index (χ1) is 5.81. The van der Waals surface area contributed by atoms with E-state index in [9.17, 15) is 0 Å². The van der Waals surface area contributed by atoms with Crippen LogP contribution in [0, 0.1) is 0 Å². The average Bonchev–Trinajstić information content (AvgIpc) is 1.80. The number of hydrogen-bond acceptors (Lipinski definition) is 3. The molecule has 0 atom stereocenters. The highest BCUT2D eigenvalue weighted by atomic mass is 16.5. The minimum atomic E-state index is 0.533. The van der Waals surface area contributed by atoms with E-state index in [1.807, 2.05) is 7.11 Å². The molecule has 12 heavy (non-hydrogen) atoms. The molecule has 1 N–H and O–H groups in total. The molecule has 0 radical (unpaired) electrons. The summed E-state index contributed by atoms with van der Waals surface area (Å²) < 4.78 is 5.26. The van der Waals surface area contributed by atoms with Gasteiger partial charge in [0.15, 0.2) is 0 Å². The summed E-state index contributed by atoms with van der Waals surface area (Å²) in [5, 5.41) is 3.30. The summed E-state index contributed by atoms with van der Waals surface area (Å²) in [6, 6.07) is 1.56. The quantitative estimate of drug-likeness (QED) is 0.648. The summed E-state index contributed by atoms with van der Waals surface area (Å²) in [7, 11) is 4.05. The second kappa shape index (κ2) is 3.32. The van der Waals surface area contributed by atoms with Crippen molar-refractivity contribution in [1.82, 2.24) is 10.2 Å². The molecule has 1 saturated heterocycles. The van der Waals surface area contributed by atoms with Gasteiger partial charge in [0.1, 0.15) is 0 Å². The molecule has 2 fully saturated rings. The van der Waals surface area contributed by atoms with E-state index < -0.39 is 0 Å². The van der Waals surface area contributed by atoms with Gasteiger partial charge in [-0.2, -0.15) is 0 Å². The molecule has 2 aliphatic rings. The van der Waals surface area contributed by atoms with Crippen LogP contribution < -0.4 is 5.32 Å². The van der Waals surface area contributed by atoms with Crippen molar-refractivity contribution in [1.29, 1.82) is 0 Å². The van der Waals surface area contributed by atoms with Crippen molar-refractivity contribution in [2.45, 2.75) is 31.0 Å². The molecule has 0 amide bonds. The Morgan fingerprint density at radius 3 is 2.33 bits per heavy atom. The molecular formula is C9H18N2O. The average molecular weight is 170 g/mol. The second-order valence-corrected chi connectivity index (χ2v) is 3.96. The third-order valence-electron chi connectivity index (χ3n) is 3.32. The molecule has 1 aliphatic carbocycles. The SMILES string of the molecule is COC1CC(N(C)C2CNC2)C1. The van der Waals surface area contributed by atoms with E-state index in [4.69, 9.17) is 4.74 Å². The molecule has 1 heterocycles. The van der Waals surface area contributed by atoms with Crippen LogP contribution >= 0.6 is 0 Å². The topological polar surface area (TPSA) is 24.5 Å². The maximum Gasteiger partial charge on any atom is 0.0601 e. The van der Waals surface area contributed by atoms with Gasteiger partial charge in [-0.15, -0.1) is 0 Å². The standard InChI is InChI=1S/C9H18N2O/c1-11(8-5-10-6-8)7-3-9(4-7)12-2/h7-10H,3-6H2,1-2H3. The number of hydrogen-bond donors (Lipinski definition) is 1. The van der Waals surface area contributed by atoms with Gasteiger partial charge in [-0.1, -0.05) is 0 Å². The van der Waals surface area contributed by atoms with Gasteiger partial charge in [0.05, 0.1) is 6.10 Å². The Balaban J connectivity index is 1.72. The molecule has 0 aromatic carbocycles. The Morgan fingerprint density at radius 1 is 1.25 bits per heavy atom. The molecule has 1 saturated carbocycles. The van der Waals surface area contributed by atoms with E-state index in [1.165, 1.54) is 25.9 Å². The first-order valence-electron chi connectivity index (χ1n) is 4.76. The summed E-state index contributed by atoms with van der Waals surface area (Å²) in [5.41, 5.74) is 0. The molecule has 3 nitrogen and oxygen atoms in total. The van der Waals surface area contributed by atoms with Crippen molar-refractivity contribution in [3.8, 4) is 0 Å². The fourth-order valence-electron chi connectivity index (χ4n) is 1.92. The Hall–Kier alpha value is -0.120. The van der Waals surface area contributed by atoms with Crippen molar-refractivity contribution in [2.24, 2.45) is 0 Å². The summed E-state index contributed by atoms with van der Waals surface area (Å²) in [6.07, 6.45) is 2.98. The lowest BCUT2D eigenvalue weighted by Crippen LogP contribution is -2.61. The zero-order chi connectivity index (χ0) is 8.55. The molecule has 0 unspecified atom stereocenters. The lowest BCUT2D eigenvalue weighted by Gasteiger charge is -2.46. The Bertz CT molecular complexity index is 153. The van der Waals surface area contributed by atoms with Crippen LogP contribution in [-0.4, -0.2) is 50.3 Å². The number of likely N-dealkylation sites (N-methyl/N-ethyl adjacent to an activating group) is 1. The number of nitrogens with zero attached hydrogens (tertiary/aromatic N) is 1. The van der Waals surface area contributed by atoms with Crippen LogP contribution in [0.25, 0.3) is 0 Å². The minimum Gasteiger partial charge on any atom is -0.381 e. The summed E-state index contributed by atoms with van der Waals surface area (Å²) in [4.78, 5) is 2.51. The Morgan fingerprint density at radius 2 is 1.92 bits per heavy atom.